The summed E-state index contributed by atoms with van der Waals surface area (Å²) in [7, 11) is 3.92. The Bertz CT molecular complexity index is 780. The Labute approximate surface area is 158 Å². The van der Waals surface area contributed by atoms with Gasteiger partial charge in [0.1, 0.15) is 5.69 Å². The van der Waals surface area contributed by atoms with Crippen LogP contribution < -0.4 is 28.7 Å². The quantitative estimate of drug-likeness (QED) is 0.458. The highest BCUT2D eigenvalue weighted by Gasteiger charge is 2.29. The number of aliphatic carboxylic acids is 1. The normalized spacial score (nSPS) is 10.2. The molecule has 0 unspecified atom stereocenters. The molecule has 1 N–H and O–H groups in total. The molecule has 1 aromatic heterocycles. The van der Waals surface area contributed by atoms with Gasteiger partial charge in [-0.1, -0.05) is 48.5 Å². The summed E-state index contributed by atoms with van der Waals surface area (Å²) in [5.41, 5.74) is 4.75. The van der Waals surface area contributed by atoms with Crippen LogP contribution in [0.4, 0.5) is 0 Å². The molecule has 0 spiro atoms. The highest BCUT2D eigenvalue weighted by molar-refractivity contribution is 5.80. The predicted molar refractivity (Wildman–Crippen MR) is 88.8 cm³/mol. The Morgan fingerprint density at radius 1 is 1.00 bits per heavy atom. The lowest BCUT2D eigenvalue weighted by Crippen LogP contribution is -3.00. The molecular weight excluding hydrogens is 415 g/mol. The average molecular weight is 434 g/mol. The van der Waals surface area contributed by atoms with Crippen molar-refractivity contribution in [2.75, 3.05) is 0 Å². The van der Waals surface area contributed by atoms with E-state index in [4.69, 9.17) is 0 Å². The summed E-state index contributed by atoms with van der Waals surface area (Å²) in [6, 6.07) is 19.8. The van der Waals surface area contributed by atoms with Gasteiger partial charge in [0.25, 0.3) is 0 Å². The van der Waals surface area contributed by atoms with Crippen LogP contribution in [0, 0.1) is 0 Å². The summed E-state index contributed by atoms with van der Waals surface area (Å²) >= 11 is 0. The van der Waals surface area contributed by atoms with Gasteiger partial charge < -0.3 is 29.1 Å². The fraction of sp³-hybridized carbons (Fsp3) is 0.158. The SMILES string of the molecule is Cn1c(-c2ccccc2)c(CC(=O)O)c(-c2ccccc2)[n+]1C.[I-]. The van der Waals surface area contributed by atoms with Crippen molar-refractivity contribution >= 4 is 5.97 Å². The third-order valence-electron chi connectivity index (χ3n) is 4.09. The van der Waals surface area contributed by atoms with E-state index in [-0.39, 0.29) is 30.4 Å². The van der Waals surface area contributed by atoms with E-state index in [2.05, 4.69) is 0 Å². The van der Waals surface area contributed by atoms with Crippen LogP contribution in [-0.2, 0) is 25.3 Å². The molecule has 0 amide bonds. The summed E-state index contributed by atoms with van der Waals surface area (Å²) in [6.45, 7) is 0. The number of halogens is 1. The van der Waals surface area contributed by atoms with E-state index in [1.54, 1.807) is 0 Å². The maximum atomic E-state index is 11.4. The number of carbonyl (C=O) groups is 1. The first-order valence-electron chi connectivity index (χ1n) is 7.50. The predicted octanol–water partition coefficient (Wildman–Crippen LogP) is -0.185. The van der Waals surface area contributed by atoms with Crippen molar-refractivity contribution in [1.29, 1.82) is 0 Å². The number of hydrogen-bond donors (Lipinski definition) is 1. The van der Waals surface area contributed by atoms with Gasteiger partial charge in [0.05, 0.1) is 19.0 Å². The largest absolute Gasteiger partial charge is 1.00 e. The zero-order chi connectivity index (χ0) is 16.4. The van der Waals surface area contributed by atoms with E-state index in [1.807, 2.05) is 84.1 Å². The van der Waals surface area contributed by atoms with Crippen LogP contribution in [0.25, 0.3) is 22.5 Å². The van der Waals surface area contributed by atoms with Crippen molar-refractivity contribution in [3.05, 3.63) is 66.2 Å². The molecule has 2 aromatic carbocycles. The highest BCUT2D eigenvalue weighted by atomic mass is 127. The molecular formula is C19H19IN2O2. The minimum atomic E-state index is -0.828. The van der Waals surface area contributed by atoms with Gasteiger partial charge in [0, 0.05) is 11.1 Å². The van der Waals surface area contributed by atoms with E-state index in [9.17, 15) is 9.90 Å². The van der Waals surface area contributed by atoms with Crippen molar-refractivity contribution in [1.82, 2.24) is 4.68 Å². The van der Waals surface area contributed by atoms with Crippen molar-refractivity contribution in [2.24, 2.45) is 14.1 Å². The summed E-state index contributed by atoms with van der Waals surface area (Å²) in [5, 5.41) is 9.39. The molecule has 4 nitrogen and oxygen atoms in total. The second-order valence-corrected chi connectivity index (χ2v) is 5.53. The smallest absolute Gasteiger partial charge is 0.308 e. The average Bonchev–Trinajstić information content (AvgIpc) is 2.79. The first-order valence-corrected chi connectivity index (χ1v) is 7.50. The molecule has 0 aliphatic rings. The zero-order valence-corrected chi connectivity index (χ0v) is 15.8. The number of carboxylic acid groups (broad SMARTS) is 1. The molecule has 124 valence electrons. The fourth-order valence-electron chi connectivity index (χ4n) is 3.04. The Morgan fingerprint density at radius 3 is 2.00 bits per heavy atom. The van der Waals surface area contributed by atoms with Gasteiger partial charge in [0.15, 0.2) is 7.05 Å². The Balaban J connectivity index is 0.00000208. The number of aromatic nitrogens is 2. The number of nitrogens with zero attached hydrogens (tertiary/aromatic N) is 2. The summed E-state index contributed by atoms with van der Waals surface area (Å²) in [4.78, 5) is 11.4. The minimum absolute atomic E-state index is 0. The van der Waals surface area contributed by atoms with E-state index in [0.717, 1.165) is 28.1 Å². The summed E-state index contributed by atoms with van der Waals surface area (Å²) < 4.78 is 4.02. The third kappa shape index (κ3) is 3.36. The lowest BCUT2D eigenvalue weighted by molar-refractivity contribution is -0.740. The van der Waals surface area contributed by atoms with E-state index in [1.165, 1.54) is 0 Å². The maximum Gasteiger partial charge on any atom is 0.308 e. The first kappa shape index (κ1) is 18.2. The molecule has 0 fully saturated rings. The van der Waals surface area contributed by atoms with Crippen molar-refractivity contribution < 1.29 is 38.6 Å². The van der Waals surface area contributed by atoms with Crippen LogP contribution >= 0.6 is 0 Å². The number of rotatable bonds is 4. The van der Waals surface area contributed by atoms with E-state index < -0.39 is 5.97 Å². The number of benzene rings is 2. The lowest BCUT2D eigenvalue weighted by Gasteiger charge is -2.02. The lowest BCUT2D eigenvalue weighted by atomic mass is 9.99. The minimum Gasteiger partial charge on any atom is -1.00 e. The highest BCUT2D eigenvalue weighted by Crippen LogP contribution is 2.30. The maximum absolute atomic E-state index is 11.4. The molecule has 0 aliphatic carbocycles. The first-order chi connectivity index (χ1) is 11.1. The van der Waals surface area contributed by atoms with Gasteiger partial charge in [-0.2, -0.15) is 4.68 Å². The second-order valence-electron chi connectivity index (χ2n) is 5.53. The van der Waals surface area contributed by atoms with Gasteiger partial charge in [-0.3, -0.25) is 4.79 Å². The molecule has 1 heterocycles. The van der Waals surface area contributed by atoms with Gasteiger partial charge in [-0.05, 0) is 12.1 Å². The second kappa shape index (κ2) is 7.61. The Hall–Kier alpha value is -2.15. The molecule has 5 heteroatoms. The van der Waals surface area contributed by atoms with E-state index >= 15 is 0 Å². The van der Waals surface area contributed by atoms with Crippen LogP contribution in [0.15, 0.2) is 60.7 Å². The van der Waals surface area contributed by atoms with Gasteiger partial charge in [-0.25, -0.2) is 0 Å². The van der Waals surface area contributed by atoms with Crippen molar-refractivity contribution in [3.63, 3.8) is 0 Å². The third-order valence-corrected chi connectivity index (χ3v) is 4.09. The van der Waals surface area contributed by atoms with Crippen molar-refractivity contribution in [3.8, 4) is 22.5 Å². The van der Waals surface area contributed by atoms with Crippen LogP contribution in [0.3, 0.4) is 0 Å². The van der Waals surface area contributed by atoms with Crippen LogP contribution in [0.1, 0.15) is 5.56 Å². The van der Waals surface area contributed by atoms with E-state index in [0.29, 0.717) is 0 Å². The summed E-state index contributed by atoms with van der Waals surface area (Å²) in [6.07, 6.45) is -0.0108. The topological polar surface area (TPSA) is 46.1 Å². The molecule has 3 aromatic rings. The standard InChI is InChI=1S/C19H18N2O2.HI/c1-20-18(14-9-5-3-6-10-14)16(13-17(22)23)19(21(20)2)15-11-7-4-8-12-15;/h3-12H,13H2,1-2H3;1H. The van der Waals surface area contributed by atoms with Crippen LogP contribution in [0.5, 0.6) is 0 Å². The molecule has 0 saturated carbocycles. The number of carboxylic acids is 1. The molecule has 0 bridgehead atoms. The van der Waals surface area contributed by atoms with Crippen molar-refractivity contribution in [2.45, 2.75) is 6.42 Å². The van der Waals surface area contributed by atoms with Crippen LogP contribution in [0.2, 0.25) is 0 Å². The van der Waals surface area contributed by atoms with Gasteiger partial charge in [-0.15, -0.1) is 4.68 Å². The van der Waals surface area contributed by atoms with Gasteiger partial charge >= 0.3 is 5.97 Å². The van der Waals surface area contributed by atoms with Crippen LogP contribution in [-0.4, -0.2) is 15.8 Å². The summed E-state index contributed by atoms with van der Waals surface area (Å²) in [5.74, 6) is -0.828. The zero-order valence-electron chi connectivity index (χ0n) is 13.6. The van der Waals surface area contributed by atoms with Gasteiger partial charge in [0.2, 0.25) is 5.69 Å². The molecule has 0 aliphatic heterocycles. The monoisotopic (exact) mass is 434 g/mol. The molecule has 0 atom stereocenters. The Kier molecular flexibility index (Phi) is 5.77. The fourth-order valence-corrected chi connectivity index (χ4v) is 3.04. The molecule has 3 rings (SSSR count). The molecule has 0 radical (unpaired) electrons. The Morgan fingerprint density at radius 2 is 1.50 bits per heavy atom. The number of hydrogen-bond acceptors (Lipinski definition) is 1. The molecule has 0 saturated heterocycles. The molecule has 24 heavy (non-hydrogen) atoms.